The van der Waals surface area contributed by atoms with E-state index >= 15 is 0 Å². The number of benzene rings is 2. The predicted molar refractivity (Wildman–Crippen MR) is 148 cm³/mol. The number of nitrogens with zero attached hydrogens (tertiary/aromatic N) is 5. The summed E-state index contributed by atoms with van der Waals surface area (Å²) in [5, 5.41) is 3.90. The van der Waals surface area contributed by atoms with Crippen molar-refractivity contribution < 1.29 is 0 Å². The molecule has 36 heavy (non-hydrogen) atoms. The molecule has 0 unspecified atom stereocenters. The smallest absolute Gasteiger partial charge is 0.275 e. The first kappa shape index (κ1) is 22.8. The van der Waals surface area contributed by atoms with Crippen molar-refractivity contribution in [2.45, 2.75) is 19.4 Å². The average Bonchev–Trinajstić information content (AvgIpc) is 3.63. The molecule has 0 atom stereocenters. The van der Waals surface area contributed by atoms with Crippen molar-refractivity contribution in [3.63, 3.8) is 0 Å². The lowest BCUT2D eigenvalue weighted by molar-refractivity contribution is 0.387. The molecule has 5 aromatic rings. The Bertz CT molecular complexity index is 1650. The lowest BCUT2D eigenvalue weighted by Crippen LogP contribution is -2.18. The number of imidazole rings is 1. The molecule has 0 amide bonds. The van der Waals surface area contributed by atoms with Crippen molar-refractivity contribution >= 4 is 50.1 Å². The van der Waals surface area contributed by atoms with Gasteiger partial charge in [-0.1, -0.05) is 29.8 Å². The van der Waals surface area contributed by atoms with E-state index in [1.165, 1.54) is 11.3 Å². The number of fused-ring (bicyclic) bond motifs is 2. The van der Waals surface area contributed by atoms with Gasteiger partial charge in [-0.2, -0.15) is 0 Å². The van der Waals surface area contributed by atoms with Crippen LogP contribution in [0.25, 0.3) is 37.4 Å². The Hall–Kier alpha value is -3.62. The summed E-state index contributed by atoms with van der Waals surface area (Å²) in [6, 6.07) is 15.5. The third-order valence-electron chi connectivity index (χ3n) is 6.53. The second kappa shape index (κ2) is 9.44. The second-order valence-electron chi connectivity index (χ2n) is 8.82. The number of aromatic nitrogens is 4. The highest BCUT2D eigenvalue weighted by molar-refractivity contribution is 7.22. The number of nitrogens with one attached hydrogen (secondary N) is 1. The molecular formula is C27H25ClN6OS. The maximum Gasteiger partial charge on any atom is 0.275 e. The van der Waals surface area contributed by atoms with Gasteiger partial charge < -0.3 is 14.8 Å². The summed E-state index contributed by atoms with van der Waals surface area (Å²) in [5.41, 5.74) is 4.26. The highest BCUT2D eigenvalue weighted by atomic mass is 35.5. The van der Waals surface area contributed by atoms with Gasteiger partial charge in [0.1, 0.15) is 11.0 Å². The summed E-state index contributed by atoms with van der Waals surface area (Å²) in [6.45, 7) is 3.00. The van der Waals surface area contributed by atoms with E-state index in [1.54, 1.807) is 10.9 Å². The van der Waals surface area contributed by atoms with Crippen LogP contribution in [0.2, 0.25) is 5.02 Å². The first-order valence-corrected chi connectivity index (χ1v) is 13.2. The zero-order valence-electron chi connectivity index (χ0n) is 19.8. The molecule has 0 bridgehead atoms. The fourth-order valence-corrected chi connectivity index (χ4v) is 5.87. The lowest BCUT2D eigenvalue weighted by atomic mass is 10.2. The highest BCUT2D eigenvalue weighted by Crippen LogP contribution is 2.32. The maximum atomic E-state index is 13.4. The van der Waals surface area contributed by atoms with Gasteiger partial charge in [-0.3, -0.25) is 9.36 Å². The first-order valence-electron chi connectivity index (χ1n) is 12.0. The zero-order valence-corrected chi connectivity index (χ0v) is 21.4. The van der Waals surface area contributed by atoms with E-state index in [0.717, 1.165) is 65.6 Å². The van der Waals surface area contributed by atoms with Gasteiger partial charge in [0.25, 0.3) is 5.56 Å². The lowest BCUT2D eigenvalue weighted by Gasteiger charge is -2.16. The molecule has 0 spiro atoms. The molecule has 6 rings (SSSR count). The molecule has 1 aliphatic rings. The predicted octanol–water partition coefficient (Wildman–Crippen LogP) is 5.77. The van der Waals surface area contributed by atoms with Gasteiger partial charge in [-0.05, 0) is 61.0 Å². The standard InChI is InChI=1S/C27H25ClN6OS/c1-29-27-31-21-15-20(9-10-23(21)33(27)14-4-13-32-11-2-3-12-32)34-17-30-22-16-24(36-25(22)26(34)35)18-5-7-19(28)8-6-18/h2,5-11,15-17H,3-4,12-14H2,1H3,(H,29,31). The molecule has 4 heterocycles. The number of halogens is 1. The largest absolute Gasteiger partial charge is 0.377 e. The minimum atomic E-state index is -0.0866. The van der Waals surface area contributed by atoms with Gasteiger partial charge >= 0.3 is 0 Å². The third-order valence-corrected chi connectivity index (χ3v) is 7.94. The fraction of sp³-hybridized carbons (Fsp3) is 0.222. The first-order chi connectivity index (χ1) is 17.6. The van der Waals surface area contributed by atoms with E-state index in [-0.39, 0.29) is 5.56 Å². The molecule has 0 aliphatic carbocycles. The zero-order chi connectivity index (χ0) is 24.6. The number of hydrogen-bond donors (Lipinski definition) is 1. The Morgan fingerprint density at radius 2 is 1.94 bits per heavy atom. The van der Waals surface area contributed by atoms with Crippen molar-refractivity contribution in [3.8, 4) is 16.1 Å². The van der Waals surface area contributed by atoms with Crippen LogP contribution in [0.15, 0.2) is 71.9 Å². The topological polar surface area (TPSA) is 68.0 Å². The molecule has 182 valence electrons. The number of rotatable bonds is 7. The molecule has 9 heteroatoms. The van der Waals surface area contributed by atoms with E-state index in [0.29, 0.717) is 15.2 Å². The number of anilines is 1. The molecule has 3 aromatic heterocycles. The normalized spacial score (nSPS) is 13.3. The van der Waals surface area contributed by atoms with E-state index < -0.39 is 0 Å². The summed E-state index contributed by atoms with van der Waals surface area (Å²) in [4.78, 5) is 26.1. The number of thiophene rings is 1. The summed E-state index contributed by atoms with van der Waals surface area (Å²) >= 11 is 7.48. The molecule has 7 nitrogen and oxygen atoms in total. The minimum absolute atomic E-state index is 0.0866. The van der Waals surface area contributed by atoms with Gasteiger partial charge in [-0.25, -0.2) is 9.97 Å². The van der Waals surface area contributed by atoms with E-state index in [9.17, 15) is 4.79 Å². The van der Waals surface area contributed by atoms with Crippen molar-refractivity contribution in [3.05, 3.63) is 82.5 Å². The van der Waals surface area contributed by atoms with Crippen molar-refractivity contribution in [1.82, 2.24) is 24.0 Å². The number of aryl methyl sites for hydroxylation is 1. The van der Waals surface area contributed by atoms with Gasteiger partial charge in [0.15, 0.2) is 0 Å². The van der Waals surface area contributed by atoms with Crippen LogP contribution in [0.4, 0.5) is 5.95 Å². The molecule has 2 aromatic carbocycles. The summed E-state index contributed by atoms with van der Waals surface area (Å²) in [5.74, 6) is 0.825. The van der Waals surface area contributed by atoms with Crippen LogP contribution >= 0.6 is 22.9 Å². The third kappa shape index (κ3) is 4.16. The van der Waals surface area contributed by atoms with Crippen LogP contribution in [-0.4, -0.2) is 44.1 Å². The van der Waals surface area contributed by atoms with Gasteiger partial charge in [0.05, 0.1) is 22.2 Å². The van der Waals surface area contributed by atoms with Crippen LogP contribution in [-0.2, 0) is 6.54 Å². The van der Waals surface area contributed by atoms with E-state index in [1.807, 2.05) is 55.6 Å². The second-order valence-corrected chi connectivity index (χ2v) is 10.3. The highest BCUT2D eigenvalue weighted by Gasteiger charge is 2.15. The van der Waals surface area contributed by atoms with Crippen LogP contribution < -0.4 is 10.9 Å². The molecule has 0 saturated carbocycles. The fourth-order valence-electron chi connectivity index (χ4n) is 4.69. The van der Waals surface area contributed by atoms with Gasteiger partial charge in [0.2, 0.25) is 5.95 Å². The van der Waals surface area contributed by atoms with Crippen LogP contribution in [0.1, 0.15) is 12.8 Å². The Morgan fingerprint density at radius 3 is 2.72 bits per heavy atom. The maximum absolute atomic E-state index is 13.4. The van der Waals surface area contributed by atoms with Crippen molar-refractivity contribution in [2.75, 3.05) is 25.5 Å². The Kier molecular flexibility index (Phi) is 5.99. The molecular weight excluding hydrogens is 492 g/mol. The monoisotopic (exact) mass is 516 g/mol. The Labute approximate surface area is 217 Å². The Balaban J connectivity index is 1.32. The summed E-state index contributed by atoms with van der Waals surface area (Å²) in [7, 11) is 1.89. The molecule has 0 radical (unpaired) electrons. The minimum Gasteiger partial charge on any atom is -0.377 e. The van der Waals surface area contributed by atoms with E-state index in [4.69, 9.17) is 16.6 Å². The molecule has 1 aliphatic heterocycles. The van der Waals surface area contributed by atoms with Gasteiger partial charge in [0, 0.05) is 36.6 Å². The average molecular weight is 517 g/mol. The quantitative estimate of drug-likeness (QED) is 0.297. The van der Waals surface area contributed by atoms with Crippen molar-refractivity contribution in [2.24, 2.45) is 0 Å². The van der Waals surface area contributed by atoms with Crippen LogP contribution in [0, 0.1) is 0 Å². The summed E-state index contributed by atoms with van der Waals surface area (Å²) in [6.07, 6.45) is 8.17. The van der Waals surface area contributed by atoms with Crippen LogP contribution in [0.5, 0.6) is 0 Å². The molecule has 1 N–H and O–H groups in total. The SMILES string of the molecule is CNc1nc2cc(-n3cnc4cc(-c5ccc(Cl)cc5)sc4c3=O)ccc2n1CCCN1C=CCC1. The van der Waals surface area contributed by atoms with Crippen molar-refractivity contribution in [1.29, 1.82) is 0 Å². The Morgan fingerprint density at radius 1 is 1.08 bits per heavy atom. The molecule has 0 fully saturated rings. The van der Waals surface area contributed by atoms with E-state index in [2.05, 4.69) is 32.0 Å². The summed E-state index contributed by atoms with van der Waals surface area (Å²) < 4.78 is 4.43. The molecule has 0 saturated heterocycles. The van der Waals surface area contributed by atoms with Gasteiger partial charge in [-0.15, -0.1) is 11.3 Å². The van der Waals surface area contributed by atoms with Crippen LogP contribution in [0.3, 0.4) is 0 Å². The number of hydrogen-bond acceptors (Lipinski definition) is 6.